The van der Waals surface area contributed by atoms with Crippen LogP contribution in [-0.4, -0.2) is 51.4 Å². The van der Waals surface area contributed by atoms with Crippen molar-refractivity contribution in [2.45, 2.75) is 24.9 Å². The highest BCUT2D eigenvalue weighted by Gasteiger charge is 2.37. The fraction of sp³-hybridized carbons (Fsp3) is 0.583. The third kappa shape index (κ3) is 2.78. The van der Waals surface area contributed by atoms with E-state index in [1.54, 1.807) is 17.0 Å². The Bertz CT molecular complexity index is 426. The van der Waals surface area contributed by atoms with Crippen LogP contribution in [0.5, 0.6) is 0 Å². The second-order valence-electron chi connectivity index (χ2n) is 4.53. The average Bonchev–Trinajstić information content (AvgIpc) is 2.38. The van der Waals surface area contributed by atoms with Crippen molar-refractivity contribution in [1.29, 1.82) is 0 Å². The molecule has 6 nitrogen and oxygen atoms in total. The Balaban J connectivity index is 2.02. The highest BCUT2D eigenvalue weighted by Crippen LogP contribution is 2.21. The van der Waals surface area contributed by atoms with Crippen molar-refractivity contribution in [2.24, 2.45) is 5.92 Å². The number of aliphatic hydroxyl groups excluding tert-OH is 3. The van der Waals surface area contributed by atoms with E-state index in [1.165, 1.54) is 12.1 Å². The number of hydrogen-bond donors (Lipinski definition) is 3. The molecule has 1 saturated heterocycles. The molecule has 0 aliphatic carbocycles. The van der Waals surface area contributed by atoms with Crippen LogP contribution in [0.4, 0.5) is 0 Å². The van der Waals surface area contributed by atoms with Gasteiger partial charge in [0.1, 0.15) is 12.2 Å². The van der Waals surface area contributed by atoms with E-state index in [1.807, 2.05) is 0 Å². The van der Waals surface area contributed by atoms with Crippen LogP contribution in [0.3, 0.4) is 0 Å². The van der Waals surface area contributed by atoms with Crippen molar-refractivity contribution in [2.75, 3.05) is 13.2 Å². The highest BCUT2D eigenvalue weighted by molar-refractivity contribution is 4.95. The number of rotatable bonds is 3. The molecule has 0 unspecified atom stereocenters. The molecule has 100 valence electrons. The summed E-state index contributed by atoms with van der Waals surface area (Å²) in [4.78, 5) is 11.0. The molecule has 0 saturated carbocycles. The van der Waals surface area contributed by atoms with Crippen LogP contribution in [0.2, 0.25) is 0 Å². The zero-order valence-electron chi connectivity index (χ0n) is 9.85. The van der Waals surface area contributed by atoms with E-state index < -0.39 is 18.3 Å². The van der Waals surface area contributed by atoms with Gasteiger partial charge in [0.05, 0.1) is 19.3 Å². The van der Waals surface area contributed by atoms with Crippen molar-refractivity contribution in [3.63, 3.8) is 0 Å². The summed E-state index contributed by atoms with van der Waals surface area (Å²) in [5.74, 6) is -0.273. The molecule has 2 rings (SSSR count). The van der Waals surface area contributed by atoms with Gasteiger partial charge in [-0.15, -0.1) is 0 Å². The summed E-state index contributed by atoms with van der Waals surface area (Å²) in [6.45, 7) is 0.384. The predicted octanol–water partition coefficient (Wildman–Crippen LogP) is -1.42. The lowest BCUT2D eigenvalue weighted by Crippen LogP contribution is -2.52. The molecule has 0 radical (unpaired) electrons. The molecular weight excluding hydrogens is 238 g/mol. The molecule has 3 N–H and O–H groups in total. The second-order valence-corrected chi connectivity index (χ2v) is 4.53. The Morgan fingerprint density at radius 3 is 2.56 bits per heavy atom. The first-order valence-corrected chi connectivity index (χ1v) is 5.86. The van der Waals surface area contributed by atoms with E-state index in [0.717, 1.165) is 0 Å². The van der Waals surface area contributed by atoms with Gasteiger partial charge in [-0.3, -0.25) is 4.79 Å². The summed E-state index contributed by atoms with van der Waals surface area (Å²) in [6.07, 6.45) is 0.479. The SMILES string of the molecule is O=c1ccn(C[C@@H]2CO[C@H](CO)[C@H](O)[C@@H]2O)cc1. The van der Waals surface area contributed by atoms with Crippen molar-refractivity contribution in [3.05, 3.63) is 34.7 Å². The summed E-state index contributed by atoms with van der Waals surface area (Å²) in [7, 11) is 0. The van der Waals surface area contributed by atoms with Crippen LogP contribution in [0, 0.1) is 5.92 Å². The van der Waals surface area contributed by atoms with E-state index in [-0.39, 0.29) is 24.6 Å². The zero-order chi connectivity index (χ0) is 13.1. The number of ether oxygens (including phenoxy) is 1. The van der Waals surface area contributed by atoms with Crippen LogP contribution >= 0.6 is 0 Å². The van der Waals surface area contributed by atoms with Gasteiger partial charge >= 0.3 is 0 Å². The topological polar surface area (TPSA) is 91.9 Å². The first-order valence-electron chi connectivity index (χ1n) is 5.86. The molecule has 0 spiro atoms. The predicted molar refractivity (Wildman–Crippen MR) is 63.0 cm³/mol. The lowest BCUT2D eigenvalue weighted by molar-refractivity contribution is -0.176. The molecule has 6 heteroatoms. The van der Waals surface area contributed by atoms with Crippen molar-refractivity contribution >= 4 is 0 Å². The Kier molecular flexibility index (Phi) is 4.13. The standard InChI is InChI=1S/C12H17NO5/c14-6-10-12(17)11(16)8(7-18-10)5-13-3-1-9(15)2-4-13/h1-4,8,10-12,14,16-17H,5-7H2/t8-,10-,11-,12+/m1/s1. The quantitative estimate of drug-likeness (QED) is 0.616. The van der Waals surface area contributed by atoms with Gasteiger partial charge in [0.2, 0.25) is 0 Å². The van der Waals surface area contributed by atoms with Crippen LogP contribution in [0.15, 0.2) is 29.3 Å². The van der Waals surface area contributed by atoms with Gasteiger partial charge in [0.15, 0.2) is 5.43 Å². The molecular formula is C12H17NO5. The number of hydrogen-bond acceptors (Lipinski definition) is 5. The van der Waals surface area contributed by atoms with Gasteiger partial charge in [-0.25, -0.2) is 0 Å². The number of pyridine rings is 1. The van der Waals surface area contributed by atoms with Gasteiger partial charge in [-0.2, -0.15) is 0 Å². The maximum absolute atomic E-state index is 11.0. The molecule has 1 aliphatic heterocycles. The fourth-order valence-electron chi connectivity index (χ4n) is 2.10. The van der Waals surface area contributed by atoms with Gasteiger partial charge < -0.3 is 24.6 Å². The molecule has 2 heterocycles. The van der Waals surface area contributed by atoms with E-state index in [4.69, 9.17) is 9.84 Å². The Morgan fingerprint density at radius 2 is 1.94 bits per heavy atom. The van der Waals surface area contributed by atoms with Crippen molar-refractivity contribution in [1.82, 2.24) is 4.57 Å². The van der Waals surface area contributed by atoms with Gasteiger partial charge in [0.25, 0.3) is 0 Å². The van der Waals surface area contributed by atoms with E-state index >= 15 is 0 Å². The van der Waals surface area contributed by atoms with Gasteiger partial charge in [-0.05, 0) is 0 Å². The van der Waals surface area contributed by atoms with Crippen molar-refractivity contribution in [3.8, 4) is 0 Å². The molecule has 4 atom stereocenters. The summed E-state index contributed by atoms with van der Waals surface area (Å²) in [5, 5.41) is 28.6. The van der Waals surface area contributed by atoms with Crippen LogP contribution in [0.1, 0.15) is 0 Å². The Hall–Kier alpha value is -1.21. The van der Waals surface area contributed by atoms with E-state index in [0.29, 0.717) is 6.54 Å². The third-order valence-electron chi connectivity index (χ3n) is 3.22. The largest absolute Gasteiger partial charge is 0.394 e. The fourth-order valence-corrected chi connectivity index (χ4v) is 2.10. The molecule has 1 aromatic heterocycles. The maximum atomic E-state index is 11.0. The molecule has 18 heavy (non-hydrogen) atoms. The smallest absolute Gasteiger partial charge is 0.181 e. The minimum absolute atomic E-state index is 0.0768. The Labute approximate surface area is 104 Å². The number of aromatic nitrogens is 1. The zero-order valence-corrected chi connectivity index (χ0v) is 9.85. The third-order valence-corrected chi connectivity index (χ3v) is 3.22. The van der Waals surface area contributed by atoms with Gasteiger partial charge in [0, 0.05) is 37.0 Å². The van der Waals surface area contributed by atoms with E-state index in [2.05, 4.69) is 0 Å². The second kappa shape index (κ2) is 5.62. The number of nitrogens with zero attached hydrogens (tertiary/aromatic N) is 1. The van der Waals surface area contributed by atoms with Crippen molar-refractivity contribution < 1.29 is 20.1 Å². The summed E-state index contributed by atoms with van der Waals surface area (Å²) in [5.41, 5.74) is -0.0768. The monoisotopic (exact) mass is 255 g/mol. The summed E-state index contributed by atoms with van der Waals surface area (Å²) in [6, 6.07) is 2.87. The molecule has 0 bridgehead atoms. The summed E-state index contributed by atoms with van der Waals surface area (Å²) >= 11 is 0. The van der Waals surface area contributed by atoms with Gasteiger partial charge in [-0.1, -0.05) is 0 Å². The lowest BCUT2D eigenvalue weighted by Gasteiger charge is -2.37. The summed E-state index contributed by atoms with van der Waals surface area (Å²) < 4.78 is 7.04. The lowest BCUT2D eigenvalue weighted by atomic mass is 9.92. The number of aliphatic hydroxyl groups is 3. The van der Waals surface area contributed by atoms with E-state index in [9.17, 15) is 15.0 Å². The highest BCUT2D eigenvalue weighted by atomic mass is 16.5. The molecule has 1 fully saturated rings. The van der Waals surface area contributed by atoms with Crippen LogP contribution in [0.25, 0.3) is 0 Å². The molecule has 0 amide bonds. The average molecular weight is 255 g/mol. The first-order chi connectivity index (χ1) is 8.61. The molecule has 1 aromatic rings. The minimum atomic E-state index is -1.09. The first kappa shape index (κ1) is 13.2. The minimum Gasteiger partial charge on any atom is -0.394 e. The Morgan fingerprint density at radius 1 is 1.28 bits per heavy atom. The van der Waals surface area contributed by atoms with Crippen LogP contribution in [-0.2, 0) is 11.3 Å². The maximum Gasteiger partial charge on any atom is 0.181 e. The van der Waals surface area contributed by atoms with Crippen LogP contribution < -0.4 is 5.43 Å². The normalized spacial score (nSPS) is 32.4. The molecule has 1 aliphatic rings. The molecule has 0 aromatic carbocycles.